The number of benzene rings is 1. The highest BCUT2D eigenvalue weighted by Crippen LogP contribution is 2.23. The van der Waals surface area contributed by atoms with E-state index >= 15 is 0 Å². The molecular formula is C9H7F2IO2. The fourth-order valence-corrected chi connectivity index (χ4v) is 1.44. The Morgan fingerprint density at radius 3 is 2.64 bits per heavy atom. The summed E-state index contributed by atoms with van der Waals surface area (Å²) in [5.41, 5.74) is 0.172. The van der Waals surface area contributed by atoms with Gasteiger partial charge in [-0.2, -0.15) is 8.78 Å². The summed E-state index contributed by atoms with van der Waals surface area (Å²) in [7, 11) is 0. The molecule has 0 aliphatic rings. The summed E-state index contributed by atoms with van der Waals surface area (Å²) in [4.78, 5) is 11.0. The number of alkyl halides is 2. The summed E-state index contributed by atoms with van der Waals surface area (Å²) in [5.74, 6) is -0.364. The van der Waals surface area contributed by atoms with E-state index in [4.69, 9.17) is 0 Å². The molecule has 1 rings (SSSR count). The molecule has 0 N–H and O–H groups in total. The molecule has 2 nitrogen and oxygen atoms in total. The molecule has 0 aromatic heterocycles. The Hall–Kier alpha value is -0.720. The molecular weight excluding hydrogens is 305 g/mol. The second kappa shape index (κ2) is 4.68. The van der Waals surface area contributed by atoms with Crippen LogP contribution in [0.5, 0.6) is 5.75 Å². The van der Waals surface area contributed by atoms with Gasteiger partial charge >= 0.3 is 6.61 Å². The number of hydrogen-bond donors (Lipinski definition) is 0. The van der Waals surface area contributed by atoms with E-state index in [-0.39, 0.29) is 17.1 Å². The number of rotatable bonds is 3. The van der Waals surface area contributed by atoms with Gasteiger partial charge in [0.15, 0.2) is 5.78 Å². The second-order valence-electron chi connectivity index (χ2n) is 2.58. The first kappa shape index (κ1) is 11.4. The maximum Gasteiger partial charge on any atom is 0.387 e. The van der Waals surface area contributed by atoms with Crippen molar-refractivity contribution in [2.24, 2.45) is 0 Å². The minimum atomic E-state index is -2.91. The molecule has 0 bridgehead atoms. The lowest BCUT2D eigenvalue weighted by atomic mass is 10.1. The molecule has 0 heterocycles. The molecule has 0 atom stereocenters. The lowest BCUT2D eigenvalue weighted by Gasteiger charge is -2.08. The molecule has 0 aliphatic carbocycles. The van der Waals surface area contributed by atoms with Crippen LogP contribution in [0.3, 0.4) is 0 Å². The van der Waals surface area contributed by atoms with Crippen molar-refractivity contribution in [1.82, 2.24) is 0 Å². The van der Waals surface area contributed by atoms with Crippen LogP contribution in [-0.4, -0.2) is 12.4 Å². The zero-order valence-electron chi connectivity index (χ0n) is 7.26. The van der Waals surface area contributed by atoms with Crippen LogP contribution in [0.15, 0.2) is 18.2 Å². The van der Waals surface area contributed by atoms with Crippen molar-refractivity contribution in [3.63, 3.8) is 0 Å². The number of hydrogen-bond acceptors (Lipinski definition) is 2. The molecule has 0 saturated heterocycles. The molecule has 0 unspecified atom stereocenters. The average Bonchev–Trinajstić information content (AvgIpc) is 2.01. The lowest BCUT2D eigenvalue weighted by Crippen LogP contribution is -2.06. The first-order chi connectivity index (χ1) is 6.50. The van der Waals surface area contributed by atoms with E-state index in [2.05, 4.69) is 4.74 Å². The molecule has 0 saturated carbocycles. The van der Waals surface area contributed by atoms with E-state index in [1.165, 1.54) is 19.1 Å². The summed E-state index contributed by atoms with van der Waals surface area (Å²) < 4.78 is 28.9. The van der Waals surface area contributed by atoms with Gasteiger partial charge in [0.25, 0.3) is 0 Å². The highest BCUT2D eigenvalue weighted by Gasteiger charge is 2.12. The van der Waals surface area contributed by atoms with Gasteiger partial charge in [0, 0.05) is 3.57 Å². The van der Waals surface area contributed by atoms with Crippen LogP contribution < -0.4 is 4.74 Å². The SMILES string of the molecule is CC(=O)c1ccc(I)cc1OC(F)F. The highest BCUT2D eigenvalue weighted by molar-refractivity contribution is 14.1. The number of ketones is 1. The van der Waals surface area contributed by atoms with E-state index in [1.54, 1.807) is 6.07 Å². The topological polar surface area (TPSA) is 26.3 Å². The predicted molar refractivity (Wildman–Crippen MR) is 55.8 cm³/mol. The van der Waals surface area contributed by atoms with Crippen LogP contribution >= 0.6 is 22.6 Å². The van der Waals surface area contributed by atoms with Crippen molar-refractivity contribution in [1.29, 1.82) is 0 Å². The van der Waals surface area contributed by atoms with Crippen LogP contribution in [0, 0.1) is 3.57 Å². The Labute approximate surface area is 93.4 Å². The Bertz CT molecular complexity index is 353. The molecule has 0 spiro atoms. The molecule has 1 aromatic carbocycles. The Morgan fingerprint density at radius 1 is 1.50 bits per heavy atom. The van der Waals surface area contributed by atoms with Crippen LogP contribution in [0.1, 0.15) is 17.3 Å². The van der Waals surface area contributed by atoms with Crippen molar-refractivity contribution in [3.05, 3.63) is 27.3 Å². The van der Waals surface area contributed by atoms with Crippen LogP contribution in [0.25, 0.3) is 0 Å². The second-order valence-corrected chi connectivity index (χ2v) is 3.82. The first-order valence-electron chi connectivity index (χ1n) is 3.76. The van der Waals surface area contributed by atoms with Gasteiger partial charge in [-0.1, -0.05) is 0 Å². The molecule has 14 heavy (non-hydrogen) atoms. The van der Waals surface area contributed by atoms with Crippen LogP contribution in [0.2, 0.25) is 0 Å². The highest BCUT2D eigenvalue weighted by atomic mass is 127. The van der Waals surface area contributed by atoms with Crippen LogP contribution in [0.4, 0.5) is 8.78 Å². The average molecular weight is 312 g/mol. The number of ether oxygens (including phenoxy) is 1. The maximum atomic E-state index is 12.0. The summed E-state index contributed by atoms with van der Waals surface area (Å²) in [6, 6.07) is 4.54. The molecule has 76 valence electrons. The number of carbonyl (C=O) groups is 1. The number of halogens is 3. The van der Waals surface area contributed by atoms with Crippen molar-refractivity contribution >= 4 is 28.4 Å². The first-order valence-corrected chi connectivity index (χ1v) is 4.84. The normalized spacial score (nSPS) is 10.4. The van der Waals surface area contributed by atoms with Gasteiger partial charge in [0.1, 0.15) is 5.75 Å². The summed E-state index contributed by atoms with van der Waals surface area (Å²) in [6.45, 7) is -1.60. The van der Waals surface area contributed by atoms with Gasteiger partial charge < -0.3 is 4.74 Å². The molecule has 5 heteroatoms. The van der Waals surface area contributed by atoms with Crippen molar-refractivity contribution < 1.29 is 18.3 Å². The van der Waals surface area contributed by atoms with E-state index < -0.39 is 6.61 Å². The van der Waals surface area contributed by atoms with E-state index in [0.29, 0.717) is 0 Å². The maximum absolute atomic E-state index is 12.0. The van der Waals surface area contributed by atoms with Gasteiger partial charge in [-0.15, -0.1) is 0 Å². The van der Waals surface area contributed by atoms with Gasteiger partial charge in [-0.05, 0) is 47.7 Å². The summed E-state index contributed by atoms with van der Waals surface area (Å²) in [6.07, 6.45) is 0. The molecule has 0 fully saturated rings. The smallest absolute Gasteiger partial charge is 0.387 e. The minimum Gasteiger partial charge on any atom is -0.434 e. The van der Waals surface area contributed by atoms with Gasteiger partial charge in [0.2, 0.25) is 0 Å². The fraction of sp³-hybridized carbons (Fsp3) is 0.222. The number of Topliss-reactive ketones (excluding diaryl/α,β-unsaturated/α-hetero) is 1. The lowest BCUT2D eigenvalue weighted by molar-refractivity contribution is -0.0501. The zero-order valence-corrected chi connectivity index (χ0v) is 9.42. The van der Waals surface area contributed by atoms with Crippen molar-refractivity contribution in [3.8, 4) is 5.75 Å². The Balaban J connectivity index is 3.09. The van der Waals surface area contributed by atoms with E-state index in [0.717, 1.165) is 3.57 Å². The monoisotopic (exact) mass is 312 g/mol. The van der Waals surface area contributed by atoms with Gasteiger partial charge in [0.05, 0.1) is 5.56 Å². The Morgan fingerprint density at radius 2 is 2.14 bits per heavy atom. The number of carbonyl (C=O) groups excluding carboxylic acids is 1. The molecule has 0 amide bonds. The predicted octanol–water partition coefficient (Wildman–Crippen LogP) is 3.10. The third kappa shape index (κ3) is 2.90. The Kier molecular flexibility index (Phi) is 3.79. The quantitative estimate of drug-likeness (QED) is 0.633. The minimum absolute atomic E-state index is 0.0700. The fourth-order valence-electron chi connectivity index (χ4n) is 0.981. The van der Waals surface area contributed by atoms with E-state index in [9.17, 15) is 13.6 Å². The molecule has 1 aromatic rings. The largest absolute Gasteiger partial charge is 0.434 e. The third-order valence-corrected chi connectivity index (χ3v) is 2.21. The van der Waals surface area contributed by atoms with Crippen LogP contribution in [-0.2, 0) is 0 Å². The van der Waals surface area contributed by atoms with Gasteiger partial charge in [-0.25, -0.2) is 0 Å². The zero-order chi connectivity index (χ0) is 10.7. The van der Waals surface area contributed by atoms with Crippen molar-refractivity contribution in [2.75, 3.05) is 0 Å². The molecule has 0 aliphatic heterocycles. The standard InChI is InChI=1S/C9H7F2IO2/c1-5(13)7-3-2-6(12)4-8(7)14-9(10)11/h2-4,9H,1H3. The van der Waals surface area contributed by atoms with E-state index in [1.807, 2.05) is 22.6 Å². The molecule has 0 radical (unpaired) electrons. The van der Waals surface area contributed by atoms with Crippen molar-refractivity contribution in [2.45, 2.75) is 13.5 Å². The summed E-state index contributed by atoms with van der Waals surface area (Å²) >= 11 is 1.96. The summed E-state index contributed by atoms with van der Waals surface area (Å²) in [5, 5.41) is 0. The van der Waals surface area contributed by atoms with Gasteiger partial charge in [-0.3, -0.25) is 4.79 Å². The third-order valence-electron chi connectivity index (χ3n) is 1.54.